The van der Waals surface area contributed by atoms with E-state index < -0.39 is 25.9 Å². The molecule has 2 heterocycles. The molecule has 20 heavy (non-hydrogen) atoms. The van der Waals surface area contributed by atoms with Gasteiger partial charge in [0.1, 0.15) is 0 Å². The highest BCUT2D eigenvalue weighted by Crippen LogP contribution is 2.27. The van der Waals surface area contributed by atoms with Gasteiger partial charge in [0, 0.05) is 19.6 Å². The van der Waals surface area contributed by atoms with E-state index in [1.807, 2.05) is 0 Å². The minimum absolute atomic E-state index is 0.0223. The van der Waals surface area contributed by atoms with Gasteiger partial charge in [0.25, 0.3) is 10.0 Å². The summed E-state index contributed by atoms with van der Waals surface area (Å²) in [7, 11) is -5.52. The molecule has 0 amide bonds. The lowest BCUT2D eigenvalue weighted by Crippen LogP contribution is -2.41. The second-order valence-corrected chi connectivity index (χ2v) is 9.36. The number of rotatable bonds is 4. The number of hydrogen-bond donors (Lipinski definition) is 0. The summed E-state index contributed by atoms with van der Waals surface area (Å²) in [4.78, 5) is 0. The van der Waals surface area contributed by atoms with E-state index in [1.54, 1.807) is 6.92 Å². The van der Waals surface area contributed by atoms with Crippen LogP contribution in [0.3, 0.4) is 0 Å². The van der Waals surface area contributed by atoms with Crippen molar-refractivity contribution in [1.82, 2.24) is 19.3 Å². The third-order valence-corrected chi connectivity index (χ3v) is 7.88. The van der Waals surface area contributed by atoms with Crippen LogP contribution in [0.15, 0.2) is 9.63 Å². The van der Waals surface area contributed by atoms with E-state index in [9.17, 15) is 16.8 Å². The fourth-order valence-electron chi connectivity index (χ4n) is 2.33. The van der Waals surface area contributed by atoms with Crippen molar-refractivity contribution in [3.8, 4) is 0 Å². The first kappa shape index (κ1) is 15.9. The Morgan fingerprint density at radius 1 is 1.50 bits per heavy atom. The molecule has 0 saturated carbocycles. The number of sulfone groups is 1. The summed E-state index contributed by atoms with van der Waals surface area (Å²) in [5.41, 5.74) is 0. The molecule has 0 bridgehead atoms. The lowest BCUT2D eigenvalue weighted by Gasteiger charge is -2.25. The zero-order chi connectivity index (χ0) is 15.1. The Labute approximate surface area is 126 Å². The van der Waals surface area contributed by atoms with E-state index in [0.717, 1.165) is 4.68 Å². The zero-order valence-corrected chi connectivity index (χ0v) is 14.2. The molecule has 1 saturated heterocycles. The molecule has 0 N–H and O–H groups in total. The normalized spacial score (nSPS) is 22.5. The van der Waals surface area contributed by atoms with Crippen LogP contribution in [0, 0.1) is 0 Å². The maximum Gasteiger partial charge on any atom is 0.263 e. The van der Waals surface area contributed by atoms with Gasteiger partial charge in [-0.05, 0) is 22.4 Å². The van der Waals surface area contributed by atoms with E-state index in [4.69, 9.17) is 0 Å². The summed E-state index contributed by atoms with van der Waals surface area (Å²) >= 11 is 3.06. The third-order valence-electron chi connectivity index (χ3n) is 3.22. The number of halogens is 1. The second-order valence-electron chi connectivity index (χ2n) is 4.57. The van der Waals surface area contributed by atoms with Crippen molar-refractivity contribution in [3.63, 3.8) is 0 Å². The van der Waals surface area contributed by atoms with Gasteiger partial charge >= 0.3 is 0 Å². The molecule has 1 unspecified atom stereocenters. The van der Waals surface area contributed by atoms with Crippen LogP contribution in [0.1, 0.15) is 13.3 Å². The molecule has 0 aromatic carbocycles. The first-order chi connectivity index (χ1) is 9.19. The van der Waals surface area contributed by atoms with E-state index in [2.05, 4.69) is 26.2 Å². The minimum atomic E-state index is -3.84. The third kappa shape index (κ3) is 2.76. The van der Waals surface area contributed by atoms with Crippen molar-refractivity contribution >= 4 is 35.8 Å². The van der Waals surface area contributed by atoms with E-state index in [-0.39, 0.29) is 27.7 Å². The molecule has 0 radical (unpaired) electrons. The molecule has 1 aliphatic heterocycles. The Bertz CT molecular complexity index is 693. The Morgan fingerprint density at radius 3 is 2.55 bits per heavy atom. The molecular weight excluding hydrogens is 372 g/mol. The molecule has 0 aliphatic carbocycles. The van der Waals surface area contributed by atoms with Crippen LogP contribution < -0.4 is 0 Å². The van der Waals surface area contributed by atoms with Crippen molar-refractivity contribution in [2.45, 2.75) is 24.4 Å². The number of aromatic nitrogens is 3. The van der Waals surface area contributed by atoms with Crippen LogP contribution in [0.2, 0.25) is 0 Å². The molecule has 1 fully saturated rings. The number of nitrogens with zero attached hydrogens (tertiary/aromatic N) is 4. The zero-order valence-electron chi connectivity index (χ0n) is 11.0. The van der Waals surface area contributed by atoms with Crippen LogP contribution >= 0.6 is 15.9 Å². The SMILES string of the molecule is CCN(C1CCS(=O)(=O)C1)S(=O)(=O)c1c(Br)nnn1C. The van der Waals surface area contributed by atoms with Crippen molar-refractivity contribution in [2.75, 3.05) is 18.1 Å². The molecule has 1 aromatic rings. The summed E-state index contributed by atoms with van der Waals surface area (Å²) in [5.74, 6) is -0.114. The average molecular weight is 387 g/mol. The van der Waals surface area contributed by atoms with Crippen LogP contribution in [0.4, 0.5) is 0 Å². The van der Waals surface area contributed by atoms with Crippen molar-refractivity contribution in [3.05, 3.63) is 4.60 Å². The number of sulfonamides is 1. The standard InChI is InChI=1S/C9H15BrN4O4S2/c1-3-14(7-4-5-19(15,16)6-7)20(17,18)9-8(10)11-12-13(9)2/h7H,3-6H2,1-2H3. The van der Waals surface area contributed by atoms with Gasteiger partial charge in [0.2, 0.25) is 5.03 Å². The Kier molecular flexibility index (Phi) is 4.24. The molecule has 0 spiro atoms. The van der Waals surface area contributed by atoms with Gasteiger partial charge in [-0.25, -0.2) is 21.5 Å². The fraction of sp³-hybridized carbons (Fsp3) is 0.778. The Hall–Kier alpha value is -0.520. The van der Waals surface area contributed by atoms with E-state index in [1.165, 1.54) is 11.4 Å². The van der Waals surface area contributed by atoms with Gasteiger partial charge in [-0.15, -0.1) is 5.10 Å². The van der Waals surface area contributed by atoms with Gasteiger partial charge in [0.05, 0.1) is 11.5 Å². The molecule has 8 nitrogen and oxygen atoms in total. The topological polar surface area (TPSA) is 102 Å². The van der Waals surface area contributed by atoms with Crippen molar-refractivity contribution < 1.29 is 16.8 Å². The summed E-state index contributed by atoms with van der Waals surface area (Å²) in [6.45, 7) is 1.88. The first-order valence-corrected chi connectivity index (χ1v) is 10.0. The predicted octanol–water partition coefficient (Wildman–Crippen LogP) is -0.225. The monoisotopic (exact) mass is 386 g/mol. The highest BCUT2D eigenvalue weighted by Gasteiger charge is 2.40. The average Bonchev–Trinajstić information content (AvgIpc) is 2.83. The van der Waals surface area contributed by atoms with Gasteiger partial charge < -0.3 is 0 Å². The predicted molar refractivity (Wildman–Crippen MR) is 75.3 cm³/mol. The Balaban J connectivity index is 2.42. The van der Waals surface area contributed by atoms with Crippen LogP contribution in [-0.2, 0) is 26.9 Å². The fourth-order valence-corrected chi connectivity index (χ4v) is 6.86. The van der Waals surface area contributed by atoms with Gasteiger partial charge in [-0.1, -0.05) is 12.1 Å². The van der Waals surface area contributed by atoms with E-state index in [0.29, 0.717) is 6.42 Å². The molecule has 114 valence electrons. The lowest BCUT2D eigenvalue weighted by atomic mass is 10.3. The quantitative estimate of drug-likeness (QED) is 0.708. The largest absolute Gasteiger partial charge is 0.263 e. The van der Waals surface area contributed by atoms with Gasteiger partial charge in [-0.2, -0.15) is 4.31 Å². The van der Waals surface area contributed by atoms with Gasteiger partial charge in [0.15, 0.2) is 14.4 Å². The summed E-state index contributed by atoms with van der Waals surface area (Å²) < 4.78 is 50.9. The van der Waals surface area contributed by atoms with Crippen molar-refractivity contribution in [1.29, 1.82) is 0 Å². The molecular formula is C9H15BrN4O4S2. The smallest absolute Gasteiger partial charge is 0.235 e. The second kappa shape index (κ2) is 5.35. The molecule has 1 aromatic heterocycles. The van der Waals surface area contributed by atoms with Crippen LogP contribution in [-0.4, -0.2) is 60.2 Å². The summed E-state index contributed by atoms with van der Waals surface area (Å²) in [6, 6.07) is -0.531. The Morgan fingerprint density at radius 2 is 2.15 bits per heavy atom. The van der Waals surface area contributed by atoms with E-state index >= 15 is 0 Å². The molecule has 2 rings (SSSR count). The van der Waals surface area contributed by atoms with Gasteiger partial charge in [-0.3, -0.25) is 0 Å². The highest BCUT2D eigenvalue weighted by atomic mass is 79.9. The maximum absolute atomic E-state index is 12.7. The summed E-state index contributed by atoms with van der Waals surface area (Å²) in [5, 5.41) is 7.24. The number of hydrogen-bond acceptors (Lipinski definition) is 6. The highest BCUT2D eigenvalue weighted by molar-refractivity contribution is 9.10. The van der Waals surface area contributed by atoms with Crippen LogP contribution in [0.25, 0.3) is 0 Å². The lowest BCUT2D eigenvalue weighted by molar-refractivity contribution is 0.350. The minimum Gasteiger partial charge on any atom is -0.235 e. The number of aryl methyl sites for hydroxylation is 1. The molecule has 1 aliphatic rings. The molecule has 1 atom stereocenters. The molecule has 11 heteroatoms. The first-order valence-electron chi connectivity index (χ1n) is 5.96. The maximum atomic E-state index is 12.7. The summed E-state index contributed by atoms with van der Waals surface area (Å²) in [6.07, 6.45) is 0.318. The van der Waals surface area contributed by atoms with Crippen LogP contribution in [0.5, 0.6) is 0 Å². The van der Waals surface area contributed by atoms with Crippen molar-refractivity contribution in [2.24, 2.45) is 7.05 Å².